The van der Waals surface area contributed by atoms with E-state index in [1.54, 1.807) is 14.2 Å². The molecule has 0 atom stereocenters. The van der Waals surface area contributed by atoms with Crippen LogP contribution in [0.3, 0.4) is 0 Å². The van der Waals surface area contributed by atoms with Crippen molar-refractivity contribution in [3.05, 3.63) is 23.3 Å². The predicted molar refractivity (Wildman–Crippen MR) is 64.2 cm³/mol. The first kappa shape index (κ1) is 11.3. The Hall–Kier alpha value is -1.22. The number of ether oxygens (including phenoxy) is 2. The smallest absolute Gasteiger partial charge is 0.163 e. The van der Waals surface area contributed by atoms with E-state index < -0.39 is 0 Å². The van der Waals surface area contributed by atoms with E-state index in [1.807, 2.05) is 6.92 Å². The minimum Gasteiger partial charge on any atom is -0.493 e. The van der Waals surface area contributed by atoms with E-state index in [-0.39, 0.29) is 5.41 Å². The molecule has 1 fully saturated rings. The van der Waals surface area contributed by atoms with Gasteiger partial charge in [0.05, 0.1) is 14.2 Å². The summed E-state index contributed by atoms with van der Waals surface area (Å²) in [4.78, 5) is 0. The lowest BCUT2D eigenvalue weighted by atomic mass is 9.94. The highest BCUT2D eigenvalue weighted by Gasteiger charge is 2.43. The normalized spacial score (nSPS) is 17.0. The molecule has 1 aliphatic rings. The van der Waals surface area contributed by atoms with Gasteiger partial charge in [-0.15, -0.1) is 0 Å². The van der Waals surface area contributed by atoms with Crippen molar-refractivity contribution >= 4 is 0 Å². The molecule has 1 aromatic rings. The average Bonchev–Trinajstić information content (AvgIpc) is 3.08. The van der Waals surface area contributed by atoms with Crippen molar-refractivity contribution in [3.8, 4) is 11.5 Å². The van der Waals surface area contributed by atoms with Crippen LogP contribution in [0, 0.1) is 6.92 Å². The number of aryl methyl sites for hydroxylation is 1. The number of rotatable bonds is 4. The Balaban J connectivity index is 2.46. The van der Waals surface area contributed by atoms with Crippen LogP contribution in [0.5, 0.6) is 11.5 Å². The van der Waals surface area contributed by atoms with E-state index in [1.165, 1.54) is 18.4 Å². The molecule has 88 valence electrons. The number of hydrogen-bond acceptors (Lipinski definition) is 3. The standard InChI is InChI=1S/C13H19NO2/c1-9-6-10(13(8-14)4-5-13)7-11(15-2)12(9)16-3/h6-7H,4-5,8,14H2,1-3H3. The lowest BCUT2D eigenvalue weighted by Gasteiger charge is -2.17. The van der Waals surface area contributed by atoms with E-state index in [0.29, 0.717) is 6.54 Å². The van der Waals surface area contributed by atoms with Crippen molar-refractivity contribution < 1.29 is 9.47 Å². The van der Waals surface area contributed by atoms with Gasteiger partial charge < -0.3 is 15.2 Å². The van der Waals surface area contributed by atoms with E-state index in [0.717, 1.165) is 17.1 Å². The van der Waals surface area contributed by atoms with Gasteiger partial charge in [-0.3, -0.25) is 0 Å². The van der Waals surface area contributed by atoms with E-state index in [2.05, 4.69) is 12.1 Å². The average molecular weight is 221 g/mol. The maximum absolute atomic E-state index is 5.84. The minimum atomic E-state index is 0.199. The fraction of sp³-hybridized carbons (Fsp3) is 0.538. The van der Waals surface area contributed by atoms with Crippen LogP contribution in [0.2, 0.25) is 0 Å². The third-order valence-corrected chi connectivity index (χ3v) is 3.52. The summed E-state index contributed by atoms with van der Waals surface area (Å²) < 4.78 is 10.7. The zero-order chi connectivity index (χ0) is 11.8. The Morgan fingerprint density at radius 3 is 2.38 bits per heavy atom. The van der Waals surface area contributed by atoms with Crippen molar-refractivity contribution in [3.63, 3.8) is 0 Å². The Labute approximate surface area is 96.5 Å². The molecular weight excluding hydrogens is 202 g/mol. The van der Waals surface area contributed by atoms with Gasteiger partial charge in [-0.25, -0.2) is 0 Å². The predicted octanol–water partition coefficient (Wildman–Crippen LogP) is 2.00. The molecule has 1 saturated carbocycles. The van der Waals surface area contributed by atoms with Gasteiger partial charge in [0, 0.05) is 12.0 Å². The van der Waals surface area contributed by atoms with Gasteiger partial charge in [-0.05, 0) is 37.0 Å². The molecule has 0 bridgehead atoms. The molecule has 0 saturated heterocycles. The Bertz CT molecular complexity index is 397. The molecule has 0 unspecified atom stereocenters. The molecule has 0 radical (unpaired) electrons. The third kappa shape index (κ3) is 1.65. The first-order valence-electron chi connectivity index (χ1n) is 5.60. The summed E-state index contributed by atoms with van der Waals surface area (Å²) >= 11 is 0. The molecule has 0 aliphatic heterocycles. The molecule has 0 heterocycles. The molecule has 2 rings (SSSR count). The minimum absolute atomic E-state index is 0.199. The van der Waals surface area contributed by atoms with Gasteiger partial charge in [0.15, 0.2) is 11.5 Å². The van der Waals surface area contributed by atoms with Gasteiger partial charge in [0.25, 0.3) is 0 Å². The largest absolute Gasteiger partial charge is 0.493 e. The number of nitrogens with two attached hydrogens (primary N) is 1. The summed E-state index contributed by atoms with van der Waals surface area (Å²) in [6.45, 7) is 2.75. The zero-order valence-corrected chi connectivity index (χ0v) is 10.2. The molecule has 0 amide bonds. The maximum Gasteiger partial charge on any atom is 0.163 e. The number of benzene rings is 1. The quantitative estimate of drug-likeness (QED) is 0.845. The van der Waals surface area contributed by atoms with Crippen LogP contribution < -0.4 is 15.2 Å². The molecule has 1 aromatic carbocycles. The van der Waals surface area contributed by atoms with Crippen molar-refractivity contribution in [2.75, 3.05) is 20.8 Å². The van der Waals surface area contributed by atoms with E-state index in [9.17, 15) is 0 Å². The lowest BCUT2D eigenvalue weighted by molar-refractivity contribution is 0.352. The fourth-order valence-corrected chi connectivity index (χ4v) is 2.22. The number of methoxy groups -OCH3 is 2. The lowest BCUT2D eigenvalue weighted by Crippen LogP contribution is -2.20. The third-order valence-electron chi connectivity index (χ3n) is 3.52. The SMILES string of the molecule is COc1cc(C2(CN)CC2)cc(C)c1OC. The van der Waals surface area contributed by atoms with Gasteiger partial charge in [0.2, 0.25) is 0 Å². The van der Waals surface area contributed by atoms with Gasteiger partial charge >= 0.3 is 0 Å². The molecule has 1 aliphatic carbocycles. The monoisotopic (exact) mass is 221 g/mol. The number of hydrogen-bond donors (Lipinski definition) is 1. The van der Waals surface area contributed by atoms with E-state index >= 15 is 0 Å². The second-order valence-corrected chi connectivity index (χ2v) is 4.51. The molecule has 3 nitrogen and oxygen atoms in total. The Morgan fingerprint density at radius 1 is 1.25 bits per heavy atom. The summed E-state index contributed by atoms with van der Waals surface area (Å²) in [6.07, 6.45) is 2.36. The second-order valence-electron chi connectivity index (χ2n) is 4.51. The summed E-state index contributed by atoms with van der Waals surface area (Å²) in [6, 6.07) is 4.23. The van der Waals surface area contributed by atoms with Crippen molar-refractivity contribution in [2.45, 2.75) is 25.2 Å². The van der Waals surface area contributed by atoms with Crippen LogP contribution in [-0.2, 0) is 5.41 Å². The van der Waals surface area contributed by atoms with Gasteiger partial charge in [-0.2, -0.15) is 0 Å². The van der Waals surface area contributed by atoms with Crippen molar-refractivity contribution in [1.29, 1.82) is 0 Å². The summed E-state index contributed by atoms with van der Waals surface area (Å²) in [5.74, 6) is 1.62. The molecular formula is C13H19NO2. The Morgan fingerprint density at radius 2 is 1.94 bits per heavy atom. The molecule has 3 heteroatoms. The fourth-order valence-electron chi connectivity index (χ4n) is 2.22. The van der Waals surface area contributed by atoms with Crippen LogP contribution in [-0.4, -0.2) is 20.8 Å². The highest BCUT2D eigenvalue weighted by atomic mass is 16.5. The zero-order valence-electron chi connectivity index (χ0n) is 10.2. The molecule has 16 heavy (non-hydrogen) atoms. The van der Waals surface area contributed by atoms with Crippen molar-refractivity contribution in [1.82, 2.24) is 0 Å². The summed E-state index contributed by atoms with van der Waals surface area (Å²) in [5, 5.41) is 0. The van der Waals surface area contributed by atoms with Gasteiger partial charge in [0.1, 0.15) is 0 Å². The van der Waals surface area contributed by atoms with Crippen LogP contribution >= 0.6 is 0 Å². The highest BCUT2D eigenvalue weighted by Crippen LogP contribution is 2.49. The van der Waals surface area contributed by atoms with Crippen LogP contribution in [0.4, 0.5) is 0 Å². The van der Waals surface area contributed by atoms with Crippen LogP contribution in [0.15, 0.2) is 12.1 Å². The first-order chi connectivity index (χ1) is 7.66. The molecule has 0 spiro atoms. The topological polar surface area (TPSA) is 44.5 Å². The first-order valence-corrected chi connectivity index (χ1v) is 5.60. The highest BCUT2D eigenvalue weighted by molar-refractivity contribution is 5.52. The Kier molecular flexibility index (Phi) is 2.80. The summed E-state index contributed by atoms with van der Waals surface area (Å²) in [5.41, 5.74) is 8.43. The maximum atomic E-state index is 5.84. The molecule has 0 aromatic heterocycles. The second kappa shape index (κ2) is 3.98. The van der Waals surface area contributed by atoms with Crippen LogP contribution in [0.1, 0.15) is 24.0 Å². The van der Waals surface area contributed by atoms with E-state index in [4.69, 9.17) is 15.2 Å². The summed E-state index contributed by atoms with van der Waals surface area (Å²) in [7, 11) is 3.34. The van der Waals surface area contributed by atoms with Crippen LogP contribution in [0.25, 0.3) is 0 Å². The van der Waals surface area contributed by atoms with Gasteiger partial charge in [-0.1, -0.05) is 6.07 Å². The van der Waals surface area contributed by atoms with Crippen molar-refractivity contribution in [2.24, 2.45) is 5.73 Å². The molecule has 2 N–H and O–H groups in total.